The molecule has 0 aliphatic carbocycles. The largest absolute Gasteiger partial charge is 0.478 e. The first-order valence-corrected chi connectivity index (χ1v) is 4.80. The Labute approximate surface area is 87.0 Å². The van der Waals surface area contributed by atoms with Crippen LogP contribution in [0.3, 0.4) is 0 Å². The van der Waals surface area contributed by atoms with Crippen LogP contribution in [-0.2, 0) is 0 Å². The van der Waals surface area contributed by atoms with Crippen molar-refractivity contribution in [1.29, 1.82) is 0 Å². The van der Waals surface area contributed by atoms with E-state index in [2.05, 4.69) is 23.8 Å². The predicted molar refractivity (Wildman–Crippen MR) is 57.1 cm³/mol. The standard InChI is InChI=1S/C11H12N2O2/c1-6(2)9-4-7-3-8(11(14)15)5-12-10(7)13-9/h3-6H,1-2H3,(H,12,13)(H,14,15). The Balaban J connectivity index is 2.57. The lowest BCUT2D eigenvalue weighted by Gasteiger charge is -1.97. The fraction of sp³-hybridized carbons (Fsp3) is 0.273. The van der Waals surface area contributed by atoms with Gasteiger partial charge in [-0.25, -0.2) is 9.78 Å². The third kappa shape index (κ3) is 1.70. The van der Waals surface area contributed by atoms with Crippen molar-refractivity contribution in [2.45, 2.75) is 19.8 Å². The molecule has 2 heterocycles. The number of aromatic carboxylic acids is 1. The monoisotopic (exact) mass is 204 g/mol. The fourth-order valence-electron chi connectivity index (χ4n) is 1.46. The van der Waals surface area contributed by atoms with Crippen molar-refractivity contribution in [3.05, 3.63) is 29.6 Å². The van der Waals surface area contributed by atoms with E-state index in [9.17, 15) is 4.79 Å². The number of hydrogen-bond donors (Lipinski definition) is 2. The third-order valence-corrected chi connectivity index (χ3v) is 2.36. The van der Waals surface area contributed by atoms with Crippen LogP contribution in [-0.4, -0.2) is 21.0 Å². The third-order valence-electron chi connectivity index (χ3n) is 2.36. The molecule has 0 aliphatic heterocycles. The highest BCUT2D eigenvalue weighted by Crippen LogP contribution is 2.20. The van der Waals surface area contributed by atoms with Gasteiger partial charge in [-0.2, -0.15) is 0 Å². The molecular formula is C11H12N2O2. The zero-order valence-corrected chi connectivity index (χ0v) is 8.61. The van der Waals surface area contributed by atoms with Gasteiger partial charge in [0.15, 0.2) is 0 Å². The second-order valence-electron chi connectivity index (χ2n) is 3.85. The van der Waals surface area contributed by atoms with Crippen LogP contribution in [0.2, 0.25) is 0 Å². The first kappa shape index (κ1) is 9.71. The van der Waals surface area contributed by atoms with E-state index in [-0.39, 0.29) is 5.56 Å². The smallest absolute Gasteiger partial charge is 0.337 e. The van der Waals surface area contributed by atoms with Gasteiger partial charge in [0.05, 0.1) is 5.56 Å². The quantitative estimate of drug-likeness (QED) is 0.789. The maximum absolute atomic E-state index is 10.7. The Morgan fingerprint density at radius 3 is 2.80 bits per heavy atom. The lowest BCUT2D eigenvalue weighted by Crippen LogP contribution is -1.96. The highest BCUT2D eigenvalue weighted by molar-refractivity contribution is 5.91. The summed E-state index contributed by atoms with van der Waals surface area (Å²) in [4.78, 5) is 18.0. The molecule has 2 N–H and O–H groups in total. The number of hydrogen-bond acceptors (Lipinski definition) is 2. The van der Waals surface area contributed by atoms with E-state index in [1.165, 1.54) is 6.20 Å². The number of nitrogens with one attached hydrogen (secondary N) is 1. The molecule has 0 fully saturated rings. The Kier molecular flexibility index (Phi) is 2.19. The van der Waals surface area contributed by atoms with Crippen molar-refractivity contribution in [3.63, 3.8) is 0 Å². The number of carbonyl (C=O) groups is 1. The molecule has 2 rings (SSSR count). The Hall–Kier alpha value is -1.84. The van der Waals surface area contributed by atoms with E-state index < -0.39 is 5.97 Å². The maximum atomic E-state index is 10.7. The number of aromatic nitrogens is 2. The number of aromatic amines is 1. The van der Waals surface area contributed by atoms with Crippen molar-refractivity contribution < 1.29 is 9.90 Å². The van der Waals surface area contributed by atoms with E-state index >= 15 is 0 Å². The molecule has 0 radical (unpaired) electrons. The summed E-state index contributed by atoms with van der Waals surface area (Å²) in [5, 5.41) is 9.66. The second kappa shape index (κ2) is 3.38. The van der Waals surface area contributed by atoms with Crippen molar-refractivity contribution in [2.24, 2.45) is 0 Å². The van der Waals surface area contributed by atoms with Crippen LogP contribution in [0.15, 0.2) is 18.3 Å². The molecule has 2 aromatic rings. The minimum Gasteiger partial charge on any atom is -0.478 e. The zero-order valence-electron chi connectivity index (χ0n) is 8.61. The number of pyridine rings is 1. The number of carboxylic acid groups (broad SMARTS) is 1. The van der Waals surface area contributed by atoms with Crippen LogP contribution in [0.25, 0.3) is 11.0 Å². The summed E-state index contributed by atoms with van der Waals surface area (Å²) >= 11 is 0. The van der Waals surface area contributed by atoms with Gasteiger partial charge < -0.3 is 10.1 Å². The topological polar surface area (TPSA) is 66.0 Å². The van der Waals surface area contributed by atoms with E-state index in [0.29, 0.717) is 5.92 Å². The van der Waals surface area contributed by atoms with Gasteiger partial charge in [-0.1, -0.05) is 13.8 Å². The number of rotatable bonds is 2. The molecule has 0 unspecified atom stereocenters. The average Bonchev–Trinajstić information content (AvgIpc) is 2.59. The van der Waals surface area contributed by atoms with Gasteiger partial charge in [0.1, 0.15) is 5.65 Å². The fourth-order valence-corrected chi connectivity index (χ4v) is 1.46. The summed E-state index contributed by atoms with van der Waals surface area (Å²) in [6.07, 6.45) is 1.37. The minimum absolute atomic E-state index is 0.219. The molecule has 0 spiro atoms. The molecule has 0 bridgehead atoms. The average molecular weight is 204 g/mol. The SMILES string of the molecule is CC(C)c1cc2cc(C(=O)O)cnc2[nH]1. The molecule has 0 amide bonds. The number of fused-ring (bicyclic) bond motifs is 1. The number of carboxylic acids is 1. The van der Waals surface area contributed by atoms with Crippen LogP contribution >= 0.6 is 0 Å². The first-order chi connectivity index (χ1) is 7.08. The van der Waals surface area contributed by atoms with E-state index in [0.717, 1.165) is 16.7 Å². The lowest BCUT2D eigenvalue weighted by molar-refractivity contribution is 0.0696. The second-order valence-corrected chi connectivity index (χ2v) is 3.85. The first-order valence-electron chi connectivity index (χ1n) is 4.80. The van der Waals surface area contributed by atoms with Gasteiger partial charge in [0.2, 0.25) is 0 Å². The van der Waals surface area contributed by atoms with Crippen molar-refractivity contribution in [3.8, 4) is 0 Å². The summed E-state index contributed by atoms with van der Waals surface area (Å²) in [6, 6.07) is 3.58. The summed E-state index contributed by atoms with van der Waals surface area (Å²) in [5.41, 5.74) is 2.03. The van der Waals surface area contributed by atoms with Gasteiger partial charge >= 0.3 is 5.97 Å². The molecule has 78 valence electrons. The number of nitrogens with zero attached hydrogens (tertiary/aromatic N) is 1. The maximum Gasteiger partial charge on any atom is 0.337 e. The number of H-pyrrole nitrogens is 1. The Morgan fingerprint density at radius 1 is 1.47 bits per heavy atom. The molecular weight excluding hydrogens is 192 g/mol. The normalized spacial score (nSPS) is 11.1. The van der Waals surface area contributed by atoms with E-state index in [1.807, 2.05) is 6.07 Å². The van der Waals surface area contributed by atoms with Crippen LogP contribution in [0.5, 0.6) is 0 Å². The highest BCUT2D eigenvalue weighted by Gasteiger charge is 2.08. The zero-order chi connectivity index (χ0) is 11.0. The molecule has 4 nitrogen and oxygen atoms in total. The molecule has 0 atom stereocenters. The highest BCUT2D eigenvalue weighted by atomic mass is 16.4. The molecule has 4 heteroatoms. The summed E-state index contributed by atoms with van der Waals surface area (Å²) < 4.78 is 0. The van der Waals surface area contributed by atoms with Crippen LogP contribution in [0, 0.1) is 0 Å². The molecule has 0 saturated carbocycles. The minimum atomic E-state index is -0.948. The predicted octanol–water partition coefficient (Wildman–Crippen LogP) is 2.38. The van der Waals surface area contributed by atoms with Gasteiger partial charge in [0.25, 0.3) is 0 Å². The van der Waals surface area contributed by atoms with Crippen molar-refractivity contribution in [1.82, 2.24) is 9.97 Å². The van der Waals surface area contributed by atoms with Crippen molar-refractivity contribution in [2.75, 3.05) is 0 Å². The Morgan fingerprint density at radius 2 is 2.20 bits per heavy atom. The van der Waals surface area contributed by atoms with Crippen LogP contribution in [0.1, 0.15) is 35.8 Å². The Bertz CT molecular complexity index is 514. The molecule has 0 aliphatic rings. The van der Waals surface area contributed by atoms with E-state index in [4.69, 9.17) is 5.11 Å². The van der Waals surface area contributed by atoms with Gasteiger partial charge in [-0.15, -0.1) is 0 Å². The van der Waals surface area contributed by atoms with Crippen LogP contribution < -0.4 is 0 Å². The summed E-state index contributed by atoms with van der Waals surface area (Å²) in [7, 11) is 0. The van der Waals surface area contributed by atoms with Gasteiger partial charge in [-0.05, 0) is 18.1 Å². The molecule has 15 heavy (non-hydrogen) atoms. The van der Waals surface area contributed by atoms with Gasteiger partial charge in [-0.3, -0.25) is 0 Å². The van der Waals surface area contributed by atoms with Crippen molar-refractivity contribution >= 4 is 17.0 Å². The molecule has 2 aromatic heterocycles. The van der Waals surface area contributed by atoms with E-state index in [1.54, 1.807) is 6.07 Å². The van der Waals surface area contributed by atoms with Gasteiger partial charge in [0, 0.05) is 17.3 Å². The summed E-state index contributed by atoms with van der Waals surface area (Å²) in [6.45, 7) is 4.14. The lowest BCUT2D eigenvalue weighted by atomic mass is 10.1. The van der Waals surface area contributed by atoms with Crippen LogP contribution in [0.4, 0.5) is 0 Å². The molecule has 0 saturated heterocycles. The summed E-state index contributed by atoms with van der Waals surface area (Å²) in [5.74, 6) is -0.566. The molecule has 0 aromatic carbocycles.